The van der Waals surface area contributed by atoms with Crippen LogP contribution < -0.4 is 0 Å². The number of piperazine rings is 1. The SMILES string of the molecule is O=C(Cn1cnnn1)N1CCN(C(=O)c2cc(Cl)ccc2Br)CC1. The highest BCUT2D eigenvalue weighted by molar-refractivity contribution is 9.10. The van der Waals surface area contributed by atoms with E-state index in [1.165, 1.54) is 11.0 Å². The van der Waals surface area contributed by atoms with Crippen molar-refractivity contribution in [3.8, 4) is 0 Å². The van der Waals surface area contributed by atoms with Crippen LogP contribution in [0.4, 0.5) is 0 Å². The number of hydrogen-bond donors (Lipinski definition) is 0. The largest absolute Gasteiger partial charge is 0.338 e. The summed E-state index contributed by atoms with van der Waals surface area (Å²) in [7, 11) is 0. The highest BCUT2D eigenvalue weighted by Gasteiger charge is 2.26. The lowest BCUT2D eigenvalue weighted by molar-refractivity contribution is -0.133. The Bertz CT molecular complexity index is 746. The van der Waals surface area contributed by atoms with Gasteiger partial charge >= 0.3 is 0 Å². The minimum Gasteiger partial charge on any atom is -0.338 e. The molecule has 2 heterocycles. The molecule has 0 unspecified atom stereocenters. The lowest BCUT2D eigenvalue weighted by atomic mass is 10.2. The first-order valence-corrected chi connectivity index (χ1v) is 8.44. The molecule has 8 nitrogen and oxygen atoms in total. The van der Waals surface area contributed by atoms with E-state index in [0.29, 0.717) is 41.2 Å². The molecule has 1 saturated heterocycles. The summed E-state index contributed by atoms with van der Waals surface area (Å²) in [6, 6.07) is 5.11. The molecule has 0 bridgehead atoms. The lowest BCUT2D eigenvalue weighted by Gasteiger charge is -2.35. The molecule has 2 aromatic rings. The molecule has 1 aromatic carbocycles. The maximum absolute atomic E-state index is 12.6. The van der Waals surface area contributed by atoms with Crippen molar-refractivity contribution < 1.29 is 9.59 Å². The first-order chi connectivity index (χ1) is 11.5. The molecular formula is C14H14BrClN6O2. The van der Waals surface area contributed by atoms with Gasteiger partial charge in [-0.2, -0.15) is 0 Å². The van der Waals surface area contributed by atoms with E-state index >= 15 is 0 Å². The molecule has 1 aliphatic heterocycles. The number of benzene rings is 1. The molecule has 0 spiro atoms. The molecule has 2 amide bonds. The van der Waals surface area contributed by atoms with Gasteiger partial charge in [-0.3, -0.25) is 9.59 Å². The monoisotopic (exact) mass is 412 g/mol. The fraction of sp³-hybridized carbons (Fsp3) is 0.357. The lowest BCUT2D eigenvalue weighted by Crippen LogP contribution is -2.51. The van der Waals surface area contributed by atoms with Gasteiger partial charge in [0.25, 0.3) is 5.91 Å². The van der Waals surface area contributed by atoms with Crippen LogP contribution in [-0.4, -0.2) is 68.0 Å². The van der Waals surface area contributed by atoms with Crippen LogP contribution in [0.25, 0.3) is 0 Å². The second-order valence-corrected chi connectivity index (χ2v) is 6.60. The van der Waals surface area contributed by atoms with Crippen LogP contribution in [0.15, 0.2) is 29.0 Å². The smallest absolute Gasteiger partial charge is 0.255 e. The van der Waals surface area contributed by atoms with E-state index in [4.69, 9.17) is 11.6 Å². The summed E-state index contributed by atoms with van der Waals surface area (Å²) in [5.74, 6) is -0.171. The summed E-state index contributed by atoms with van der Waals surface area (Å²) < 4.78 is 2.08. The molecule has 0 aliphatic carbocycles. The average Bonchev–Trinajstić information content (AvgIpc) is 3.09. The van der Waals surface area contributed by atoms with Crippen LogP contribution in [0.1, 0.15) is 10.4 Å². The van der Waals surface area contributed by atoms with Crippen molar-refractivity contribution >= 4 is 39.3 Å². The first kappa shape index (κ1) is 16.8. The van der Waals surface area contributed by atoms with E-state index in [2.05, 4.69) is 31.5 Å². The van der Waals surface area contributed by atoms with Crippen molar-refractivity contribution in [3.63, 3.8) is 0 Å². The third-order valence-electron chi connectivity index (χ3n) is 3.77. The Morgan fingerprint density at radius 2 is 1.88 bits per heavy atom. The van der Waals surface area contributed by atoms with Crippen molar-refractivity contribution in [2.45, 2.75) is 6.54 Å². The molecule has 0 N–H and O–H groups in total. The minimum absolute atomic E-state index is 0.0710. The van der Waals surface area contributed by atoms with Gasteiger partial charge in [-0.25, -0.2) is 4.68 Å². The van der Waals surface area contributed by atoms with E-state index < -0.39 is 0 Å². The number of carbonyl (C=O) groups excluding carboxylic acids is 2. The summed E-state index contributed by atoms with van der Waals surface area (Å²) in [6.07, 6.45) is 1.40. The Morgan fingerprint density at radius 3 is 2.54 bits per heavy atom. The van der Waals surface area contributed by atoms with Crippen LogP contribution in [0.5, 0.6) is 0 Å². The average molecular weight is 414 g/mol. The van der Waals surface area contributed by atoms with Gasteiger partial charge in [-0.15, -0.1) is 5.10 Å². The van der Waals surface area contributed by atoms with Crippen LogP contribution >= 0.6 is 27.5 Å². The molecule has 0 atom stereocenters. The maximum Gasteiger partial charge on any atom is 0.255 e. The highest BCUT2D eigenvalue weighted by atomic mass is 79.9. The zero-order valence-electron chi connectivity index (χ0n) is 12.6. The number of carbonyl (C=O) groups is 2. The van der Waals surface area contributed by atoms with Gasteiger partial charge in [0, 0.05) is 35.7 Å². The Balaban J connectivity index is 1.59. The normalized spacial score (nSPS) is 14.8. The van der Waals surface area contributed by atoms with Gasteiger partial charge in [0.1, 0.15) is 12.9 Å². The van der Waals surface area contributed by atoms with Crippen molar-refractivity contribution in [3.05, 3.63) is 39.6 Å². The molecule has 126 valence electrons. The molecule has 1 fully saturated rings. The van der Waals surface area contributed by atoms with E-state index in [1.807, 2.05) is 0 Å². The topological polar surface area (TPSA) is 84.2 Å². The predicted octanol–water partition coefficient (Wildman–Crippen LogP) is 1.07. The number of rotatable bonds is 3. The van der Waals surface area contributed by atoms with E-state index in [9.17, 15) is 9.59 Å². The number of hydrogen-bond acceptors (Lipinski definition) is 5. The minimum atomic E-state index is -0.100. The Morgan fingerprint density at radius 1 is 1.17 bits per heavy atom. The second kappa shape index (κ2) is 7.27. The van der Waals surface area contributed by atoms with Crippen molar-refractivity contribution in [1.29, 1.82) is 0 Å². The first-order valence-electron chi connectivity index (χ1n) is 7.27. The fourth-order valence-electron chi connectivity index (χ4n) is 2.48. The molecular weight excluding hydrogens is 400 g/mol. The number of nitrogens with zero attached hydrogens (tertiary/aromatic N) is 6. The standard InChI is InChI=1S/C14H14BrClN6O2/c15-12-2-1-10(16)7-11(12)14(24)21-5-3-20(4-6-21)13(23)8-22-9-17-18-19-22/h1-2,7,9H,3-6,8H2. The summed E-state index contributed by atoms with van der Waals surface area (Å²) in [4.78, 5) is 28.2. The summed E-state index contributed by atoms with van der Waals surface area (Å²) in [5, 5.41) is 11.2. The maximum atomic E-state index is 12.6. The Hall–Kier alpha value is -2.00. The van der Waals surface area contributed by atoms with Gasteiger partial charge in [-0.05, 0) is 44.6 Å². The number of tetrazole rings is 1. The highest BCUT2D eigenvalue weighted by Crippen LogP contribution is 2.23. The Kier molecular flexibility index (Phi) is 5.10. The van der Waals surface area contributed by atoms with Crippen molar-refractivity contribution in [2.75, 3.05) is 26.2 Å². The van der Waals surface area contributed by atoms with Gasteiger partial charge < -0.3 is 9.80 Å². The predicted molar refractivity (Wildman–Crippen MR) is 89.5 cm³/mol. The zero-order valence-corrected chi connectivity index (χ0v) is 14.9. The number of amides is 2. The third kappa shape index (κ3) is 3.73. The van der Waals surface area contributed by atoms with E-state index in [-0.39, 0.29) is 18.4 Å². The van der Waals surface area contributed by atoms with Crippen LogP contribution in [0.2, 0.25) is 5.02 Å². The third-order valence-corrected chi connectivity index (χ3v) is 4.69. The van der Waals surface area contributed by atoms with Crippen molar-refractivity contribution in [2.24, 2.45) is 0 Å². The van der Waals surface area contributed by atoms with Gasteiger partial charge in [0.15, 0.2) is 0 Å². The van der Waals surface area contributed by atoms with Gasteiger partial charge in [0.2, 0.25) is 5.91 Å². The quantitative estimate of drug-likeness (QED) is 0.752. The molecule has 24 heavy (non-hydrogen) atoms. The molecule has 1 aromatic heterocycles. The van der Waals surface area contributed by atoms with Crippen molar-refractivity contribution in [1.82, 2.24) is 30.0 Å². The molecule has 0 radical (unpaired) electrons. The number of halogens is 2. The molecule has 1 aliphatic rings. The summed E-state index contributed by atoms with van der Waals surface area (Å²) in [6.45, 7) is 1.99. The molecule has 10 heteroatoms. The Labute approximate surface area is 151 Å². The fourth-order valence-corrected chi connectivity index (χ4v) is 3.07. The molecule has 3 rings (SSSR count). The summed E-state index contributed by atoms with van der Waals surface area (Å²) in [5.41, 5.74) is 0.524. The van der Waals surface area contributed by atoms with Crippen LogP contribution in [0.3, 0.4) is 0 Å². The van der Waals surface area contributed by atoms with Gasteiger partial charge in [0.05, 0.1) is 5.56 Å². The van der Waals surface area contributed by atoms with Gasteiger partial charge in [-0.1, -0.05) is 11.6 Å². The van der Waals surface area contributed by atoms with Crippen LogP contribution in [-0.2, 0) is 11.3 Å². The van der Waals surface area contributed by atoms with E-state index in [0.717, 1.165) is 0 Å². The van der Waals surface area contributed by atoms with Crippen LogP contribution in [0, 0.1) is 0 Å². The van der Waals surface area contributed by atoms with E-state index in [1.54, 1.807) is 28.0 Å². The number of aromatic nitrogens is 4. The second-order valence-electron chi connectivity index (χ2n) is 5.30. The molecule has 0 saturated carbocycles. The summed E-state index contributed by atoms with van der Waals surface area (Å²) >= 11 is 9.34. The zero-order chi connectivity index (χ0) is 17.1.